The molecule has 7 nitrogen and oxygen atoms in total. The van der Waals surface area contributed by atoms with Crippen molar-refractivity contribution in [1.29, 1.82) is 0 Å². The number of benzene rings is 1. The molecule has 0 aromatic heterocycles. The van der Waals surface area contributed by atoms with E-state index in [4.69, 9.17) is 0 Å². The third-order valence-electron chi connectivity index (χ3n) is 5.61. The van der Waals surface area contributed by atoms with Crippen LogP contribution in [-0.2, 0) is 20.0 Å². The van der Waals surface area contributed by atoms with E-state index in [0.717, 1.165) is 38.5 Å². The van der Waals surface area contributed by atoms with Crippen LogP contribution < -0.4 is 10.0 Å². The van der Waals surface area contributed by atoms with Gasteiger partial charge in [-0.25, -0.2) is 21.6 Å². The van der Waals surface area contributed by atoms with Gasteiger partial charge in [0.25, 0.3) is 0 Å². The number of hydrogen-bond acceptors (Lipinski definition) is 5. The molecule has 3 fully saturated rings. The molecular formula is C17H26ClN3O4S2. The Balaban J connectivity index is 0.00000210. The first-order valence-corrected chi connectivity index (χ1v) is 12.2. The fourth-order valence-corrected chi connectivity index (χ4v) is 7.27. The third kappa shape index (κ3) is 4.33. The Morgan fingerprint density at radius 2 is 1.56 bits per heavy atom. The first-order valence-electron chi connectivity index (χ1n) is 9.23. The van der Waals surface area contributed by atoms with Crippen LogP contribution in [0.4, 0.5) is 0 Å². The largest absolute Gasteiger partial charge is 0.311 e. The van der Waals surface area contributed by atoms with E-state index >= 15 is 0 Å². The minimum atomic E-state index is -3.75. The lowest BCUT2D eigenvalue weighted by molar-refractivity contribution is 0.345. The first kappa shape index (κ1) is 21.0. The van der Waals surface area contributed by atoms with Gasteiger partial charge in [-0.3, -0.25) is 0 Å². The average Bonchev–Trinajstić information content (AvgIpc) is 3.25. The molecule has 3 aliphatic heterocycles. The zero-order chi connectivity index (χ0) is 18.4. The highest BCUT2D eigenvalue weighted by atomic mass is 35.5. The van der Waals surface area contributed by atoms with Gasteiger partial charge in [0, 0.05) is 31.2 Å². The number of nitrogens with zero attached hydrogens (tertiary/aromatic N) is 1. The molecular weight excluding hydrogens is 410 g/mol. The summed E-state index contributed by atoms with van der Waals surface area (Å²) in [4.78, 5) is 0.0660. The minimum absolute atomic E-state index is 0. The predicted molar refractivity (Wildman–Crippen MR) is 105 cm³/mol. The van der Waals surface area contributed by atoms with E-state index in [9.17, 15) is 16.8 Å². The van der Waals surface area contributed by atoms with Crippen LogP contribution in [0.5, 0.6) is 0 Å². The second-order valence-electron chi connectivity index (χ2n) is 7.51. The standard InChI is InChI=1S/C17H25N3O4S2.ClH/c21-25(22,19-15-10-13-6-7-14(11-15)18-13)16-4-3-5-17(12-16)26(23,24)20-8-1-2-9-20;/h3-5,12-15,18-19H,1-2,6-11H2;1H. The quantitative estimate of drug-likeness (QED) is 0.729. The topological polar surface area (TPSA) is 95.6 Å². The van der Waals surface area contributed by atoms with Crippen molar-refractivity contribution in [3.8, 4) is 0 Å². The number of fused-ring (bicyclic) bond motifs is 2. The van der Waals surface area contributed by atoms with E-state index < -0.39 is 20.0 Å². The zero-order valence-corrected chi connectivity index (χ0v) is 17.5. The number of rotatable bonds is 5. The maximum atomic E-state index is 12.8. The summed E-state index contributed by atoms with van der Waals surface area (Å²) < 4.78 is 55.2. The van der Waals surface area contributed by atoms with Gasteiger partial charge in [-0.05, 0) is 56.7 Å². The molecule has 3 saturated heterocycles. The number of nitrogens with one attached hydrogen (secondary N) is 2. The highest BCUT2D eigenvalue weighted by Gasteiger charge is 2.35. The van der Waals surface area contributed by atoms with Crippen LogP contribution in [0.2, 0.25) is 0 Å². The van der Waals surface area contributed by atoms with E-state index in [2.05, 4.69) is 10.0 Å². The highest BCUT2D eigenvalue weighted by molar-refractivity contribution is 7.90. The monoisotopic (exact) mass is 435 g/mol. The molecule has 2 unspecified atom stereocenters. The van der Waals surface area contributed by atoms with Gasteiger partial charge in [0.15, 0.2) is 0 Å². The van der Waals surface area contributed by atoms with Crippen LogP contribution in [-0.4, -0.2) is 52.4 Å². The lowest BCUT2D eigenvalue weighted by atomic mass is 10.0. The summed E-state index contributed by atoms with van der Waals surface area (Å²) in [5, 5.41) is 3.49. The van der Waals surface area contributed by atoms with Crippen molar-refractivity contribution in [2.45, 2.75) is 66.4 Å². The van der Waals surface area contributed by atoms with Crippen LogP contribution in [0.15, 0.2) is 34.1 Å². The maximum Gasteiger partial charge on any atom is 0.243 e. The molecule has 3 aliphatic rings. The van der Waals surface area contributed by atoms with Crippen LogP contribution in [0.3, 0.4) is 0 Å². The van der Waals surface area contributed by atoms with Gasteiger partial charge >= 0.3 is 0 Å². The van der Waals surface area contributed by atoms with Crippen molar-refractivity contribution >= 4 is 32.5 Å². The van der Waals surface area contributed by atoms with Crippen molar-refractivity contribution in [2.24, 2.45) is 0 Å². The molecule has 0 aliphatic carbocycles. The van der Waals surface area contributed by atoms with Crippen molar-refractivity contribution in [2.75, 3.05) is 13.1 Å². The van der Waals surface area contributed by atoms with Gasteiger partial charge < -0.3 is 5.32 Å². The average molecular weight is 436 g/mol. The van der Waals surface area contributed by atoms with E-state index in [1.807, 2.05) is 0 Å². The zero-order valence-electron chi connectivity index (χ0n) is 15.0. The molecule has 0 spiro atoms. The number of piperidine rings is 1. The molecule has 3 heterocycles. The van der Waals surface area contributed by atoms with Crippen LogP contribution in [0, 0.1) is 0 Å². The number of sulfonamides is 2. The molecule has 2 atom stereocenters. The van der Waals surface area contributed by atoms with Gasteiger partial charge in [0.1, 0.15) is 0 Å². The molecule has 1 aromatic rings. The predicted octanol–water partition coefficient (Wildman–Crippen LogP) is 1.45. The summed E-state index contributed by atoms with van der Waals surface area (Å²) >= 11 is 0. The third-order valence-corrected chi connectivity index (χ3v) is 9.03. The second kappa shape index (κ2) is 7.96. The van der Waals surface area contributed by atoms with Crippen molar-refractivity contribution in [3.63, 3.8) is 0 Å². The Labute approximate surface area is 167 Å². The molecule has 0 amide bonds. The number of halogens is 1. The summed E-state index contributed by atoms with van der Waals surface area (Å²) in [5.74, 6) is 0. The molecule has 4 rings (SSSR count). The summed E-state index contributed by atoms with van der Waals surface area (Å²) in [7, 11) is -7.38. The fourth-order valence-electron chi connectivity index (χ4n) is 4.32. The Kier molecular flexibility index (Phi) is 6.20. The van der Waals surface area contributed by atoms with Gasteiger partial charge in [-0.2, -0.15) is 4.31 Å². The van der Waals surface area contributed by atoms with Crippen LogP contribution in [0.1, 0.15) is 38.5 Å². The summed E-state index contributed by atoms with van der Waals surface area (Å²) in [6, 6.07) is 6.37. The Morgan fingerprint density at radius 3 is 2.19 bits per heavy atom. The Bertz CT molecular complexity index is 873. The molecule has 152 valence electrons. The molecule has 0 radical (unpaired) electrons. The summed E-state index contributed by atoms with van der Waals surface area (Å²) in [6.07, 6.45) is 5.43. The normalized spacial score (nSPS) is 28.8. The SMILES string of the molecule is Cl.O=S(=O)(NC1CC2CCC(C1)N2)c1cccc(S(=O)(=O)N2CCCC2)c1. The van der Waals surface area contributed by atoms with Crippen LogP contribution in [0.25, 0.3) is 0 Å². The molecule has 2 bridgehead atoms. The highest BCUT2D eigenvalue weighted by Crippen LogP contribution is 2.28. The fraction of sp³-hybridized carbons (Fsp3) is 0.647. The molecule has 27 heavy (non-hydrogen) atoms. The number of hydrogen-bond donors (Lipinski definition) is 2. The first-order chi connectivity index (χ1) is 12.3. The van der Waals surface area contributed by atoms with Gasteiger partial charge in [0.2, 0.25) is 20.0 Å². The summed E-state index contributed by atoms with van der Waals surface area (Å²) in [6.45, 7) is 0.991. The lowest BCUT2D eigenvalue weighted by Crippen LogP contribution is -2.47. The van der Waals surface area contributed by atoms with Crippen molar-refractivity contribution in [1.82, 2.24) is 14.3 Å². The van der Waals surface area contributed by atoms with E-state index in [0.29, 0.717) is 25.2 Å². The smallest absolute Gasteiger partial charge is 0.243 e. The Morgan fingerprint density at radius 1 is 0.963 bits per heavy atom. The maximum absolute atomic E-state index is 12.8. The molecule has 10 heteroatoms. The lowest BCUT2D eigenvalue weighted by Gasteiger charge is -2.29. The summed E-state index contributed by atoms with van der Waals surface area (Å²) in [5.41, 5.74) is 0. The van der Waals surface area contributed by atoms with Crippen molar-refractivity contribution < 1.29 is 16.8 Å². The van der Waals surface area contributed by atoms with Gasteiger partial charge in [-0.15, -0.1) is 12.4 Å². The van der Waals surface area contributed by atoms with Gasteiger partial charge in [-0.1, -0.05) is 6.07 Å². The van der Waals surface area contributed by atoms with E-state index in [1.165, 1.54) is 28.6 Å². The minimum Gasteiger partial charge on any atom is -0.311 e. The second-order valence-corrected chi connectivity index (χ2v) is 11.2. The van der Waals surface area contributed by atoms with E-state index in [-0.39, 0.29) is 28.2 Å². The molecule has 0 saturated carbocycles. The van der Waals surface area contributed by atoms with E-state index in [1.54, 1.807) is 0 Å². The van der Waals surface area contributed by atoms with Crippen LogP contribution >= 0.6 is 12.4 Å². The molecule has 1 aromatic carbocycles. The Hall–Kier alpha value is -0.710. The molecule has 2 N–H and O–H groups in total. The van der Waals surface area contributed by atoms with Gasteiger partial charge in [0.05, 0.1) is 9.79 Å². The van der Waals surface area contributed by atoms with Crippen molar-refractivity contribution in [3.05, 3.63) is 24.3 Å².